The molecular weight excluding hydrogens is 344 g/mol. The Morgan fingerprint density at radius 3 is 2.41 bits per heavy atom. The summed E-state index contributed by atoms with van der Waals surface area (Å²) in [6.45, 7) is 8.92. The number of anilines is 1. The number of amides is 3. The third-order valence-electron chi connectivity index (χ3n) is 4.79. The number of aromatic nitrogens is 2. The van der Waals surface area contributed by atoms with Crippen LogP contribution in [0.25, 0.3) is 10.9 Å². The van der Waals surface area contributed by atoms with Crippen molar-refractivity contribution in [1.29, 1.82) is 0 Å². The second-order valence-corrected chi connectivity index (χ2v) is 7.06. The van der Waals surface area contributed by atoms with Crippen molar-refractivity contribution < 1.29 is 9.59 Å². The van der Waals surface area contributed by atoms with E-state index in [1.54, 1.807) is 6.92 Å². The number of benzene rings is 1. The van der Waals surface area contributed by atoms with Gasteiger partial charge >= 0.3 is 6.03 Å². The normalized spacial score (nSPS) is 15.3. The van der Waals surface area contributed by atoms with Gasteiger partial charge in [-0.05, 0) is 26.0 Å². The van der Waals surface area contributed by atoms with E-state index in [0.29, 0.717) is 31.3 Å². The molecule has 1 aromatic heterocycles. The standard InChI is InChI=1S/C19H26N6O2/c1-13(2)25(19(20)27)18-15-6-4-5-7-16(15)21-17(22-18)12-23-8-10-24(11-9-23)14(3)26/h4-7,13H,8-12H2,1-3H3,(H2,20,27). The quantitative estimate of drug-likeness (QED) is 0.882. The minimum Gasteiger partial charge on any atom is -0.351 e. The Morgan fingerprint density at radius 2 is 1.81 bits per heavy atom. The molecule has 27 heavy (non-hydrogen) atoms. The maximum atomic E-state index is 12.0. The van der Waals surface area contributed by atoms with Crippen LogP contribution < -0.4 is 10.6 Å². The first kappa shape index (κ1) is 19.0. The average Bonchev–Trinajstić information content (AvgIpc) is 2.61. The van der Waals surface area contributed by atoms with Crippen LogP contribution in [0.3, 0.4) is 0 Å². The Bertz CT molecular complexity index is 845. The fourth-order valence-electron chi connectivity index (χ4n) is 3.39. The average molecular weight is 370 g/mol. The number of piperazine rings is 1. The second kappa shape index (κ2) is 7.87. The summed E-state index contributed by atoms with van der Waals surface area (Å²) >= 11 is 0. The number of hydrogen-bond donors (Lipinski definition) is 1. The summed E-state index contributed by atoms with van der Waals surface area (Å²) < 4.78 is 0. The Kier molecular flexibility index (Phi) is 5.55. The molecule has 144 valence electrons. The van der Waals surface area contributed by atoms with Crippen LogP contribution in [0, 0.1) is 0 Å². The Hall–Kier alpha value is -2.74. The molecule has 0 saturated carbocycles. The molecule has 2 N–H and O–H groups in total. The van der Waals surface area contributed by atoms with Gasteiger partial charge in [-0.2, -0.15) is 0 Å². The molecule has 1 aliphatic heterocycles. The molecule has 3 rings (SSSR count). The van der Waals surface area contributed by atoms with Crippen LogP contribution in [-0.2, 0) is 11.3 Å². The summed E-state index contributed by atoms with van der Waals surface area (Å²) in [5.41, 5.74) is 6.40. The van der Waals surface area contributed by atoms with Crippen molar-refractivity contribution in [2.75, 3.05) is 31.1 Å². The van der Waals surface area contributed by atoms with E-state index in [2.05, 4.69) is 14.9 Å². The van der Waals surface area contributed by atoms with Gasteiger partial charge in [0.25, 0.3) is 0 Å². The van der Waals surface area contributed by atoms with Gasteiger partial charge in [0.2, 0.25) is 5.91 Å². The molecule has 2 heterocycles. The highest BCUT2D eigenvalue weighted by atomic mass is 16.2. The number of urea groups is 1. The van der Waals surface area contributed by atoms with E-state index >= 15 is 0 Å². The summed E-state index contributed by atoms with van der Waals surface area (Å²) in [6, 6.07) is 6.98. The third kappa shape index (κ3) is 4.16. The summed E-state index contributed by atoms with van der Waals surface area (Å²) in [6.07, 6.45) is 0. The van der Waals surface area contributed by atoms with Gasteiger partial charge in [0, 0.05) is 44.5 Å². The summed E-state index contributed by atoms with van der Waals surface area (Å²) in [5.74, 6) is 1.29. The largest absolute Gasteiger partial charge is 0.351 e. The van der Waals surface area contributed by atoms with Crippen LogP contribution >= 0.6 is 0 Å². The molecule has 3 amide bonds. The molecule has 0 atom stereocenters. The number of fused-ring (bicyclic) bond motifs is 1. The fraction of sp³-hybridized carbons (Fsp3) is 0.474. The van der Waals surface area contributed by atoms with Crippen molar-refractivity contribution >= 4 is 28.7 Å². The van der Waals surface area contributed by atoms with Gasteiger partial charge in [-0.3, -0.25) is 14.6 Å². The van der Waals surface area contributed by atoms with E-state index in [0.717, 1.165) is 24.0 Å². The number of carbonyl (C=O) groups is 2. The minimum atomic E-state index is -0.533. The van der Waals surface area contributed by atoms with Gasteiger partial charge in [-0.25, -0.2) is 14.8 Å². The summed E-state index contributed by atoms with van der Waals surface area (Å²) in [4.78, 5) is 38.4. The van der Waals surface area contributed by atoms with Crippen LogP contribution in [0.15, 0.2) is 24.3 Å². The van der Waals surface area contributed by atoms with E-state index < -0.39 is 6.03 Å². The number of rotatable bonds is 4. The van der Waals surface area contributed by atoms with Gasteiger partial charge < -0.3 is 10.6 Å². The van der Waals surface area contributed by atoms with Crippen LogP contribution in [0.4, 0.5) is 10.6 Å². The minimum absolute atomic E-state index is 0.105. The molecule has 2 aromatic rings. The molecule has 0 aliphatic carbocycles. The highest BCUT2D eigenvalue weighted by molar-refractivity contribution is 6.00. The first-order valence-corrected chi connectivity index (χ1v) is 9.19. The van der Waals surface area contributed by atoms with Crippen molar-refractivity contribution in [1.82, 2.24) is 19.8 Å². The Morgan fingerprint density at radius 1 is 1.15 bits per heavy atom. The molecule has 1 saturated heterocycles. The van der Waals surface area contributed by atoms with Crippen molar-refractivity contribution in [2.24, 2.45) is 5.73 Å². The molecule has 1 aliphatic rings. The number of carbonyl (C=O) groups excluding carboxylic acids is 2. The van der Waals surface area contributed by atoms with Crippen molar-refractivity contribution in [3.8, 4) is 0 Å². The fourth-order valence-corrected chi connectivity index (χ4v) is 3.39. The zero-order valence-corrected chi connectivity index (χ0v) is 16.1. The predicted octanol–water partition coefficient (Wildman–Crippen LogP) is 1.59. The smallest absolute Gasteiger partial charge is 0.320 e. The zero-order valence-electron chi connectivity index (χ0n) is 16.1. The van der Waals surface area contributed by atoms with Crippen LogP contribution in [0.5, 0.6) is 0 Å². The lowest BCUT2D eigenvalue weighted by Crippen LogP contribution is -2.47. The van der Waals surface area contributed by atoms with Crippen molar-refractivity contribution in [3.05, 3.63) is 30.1 Å². The monoisotopic (exact) mass is 370 g/mol. The number of nitrogens with two attached hydrogens (primary N) is 1. The van der Waals surface area contributed by atoms with E-state index in [4.69, 9.17) is 5.73 Å². The number of hydrogen-bond acceptors (Lipinski definition) is 5. The molecular formula is C19H26N6O2. The molecule has 1 aromatic carbocycles. The molecule has 8 heteroatoms. The second-order valence-electron chi connectivity index (χ2n) is 7.06. The van der Waals surface area contributed by atoms with Crippen molar-refractivity contribution in [3.63, 3.8) is 0 Å². The zero-order chi connectivity index (χ0) is 19.6. The first-order valence-electron chi connectivity index (χ1n) is 9.19. The molecule has 8 nitrogen and oxygen atoms in total. The SMILES string of the molecule is CC(=O)N1CCN(Cc2nc(N(C(N)=O)C(C)C)c3ccccc3n2)CC1. The number of primary amides is 1. The van der Waals surface area contributed by atoms with Gasteiger partial charge in [-0.1, -0.05) is 12.1 Å². The van der Waals surface area contributed by atoms with Gasteiger partial charge in [0.15, 0.2) is 0 Å². The van der Waals surface area contributed by atoms with Gasteiger partial charge in [0.1, 0.15) is 11.6 Å². The lowest BCUT2D eigenvalue weighted by Gasteiger charge is -2.34. The Balaban J connectivity index is 1.91. The third-order valence-corrected chi connectivity index (χ3v) is 4.79. The number of nitrogens with zero attached hydrogens (tertiary/aromatic N) is 5. The maximum absolute atomic E-state index is 12.0. The lowest BCUT2D eigenvalue weighted by molar-refractivity contribution is -0.130. The first-order chi connectivity index (χ1) is 12.9. The highest BCUT2D eigenvalue weighted by Crippen LogP contribution is 2.26. The molecule has 0 radical (unpaired) electrons. The van der Waals surface area contributed by atoms with Crippen LogP contribution in [0.2, 0.25) is 0 Å². The highest BCUT2D eigenvalue weighted by Gasteiger charge is 2.23. The van der Waals surface area contributed by atoms with Crippen LogP contribution in [0.1, 0.15) is 26.6 Å². The predicted molar refractivity (Wildman–Crippen MR) is 104 cm³/mol. The summed E-state index contributed by atoms with van der Waals surface area (Å²) in [5, 5.41) is 0.801. The van der Waals surface area contributed by atoms with E-state index in [-0.39, 0.29) is 11.9 Å². The van der Waals surface area contributed by atoms with Crippen molar-refractivity contribution in [2.45, 2.75) is 33.4 Å². The maximum Gasteiger partial charge on any atom is 0.320 e. The van der Waals surface area contributed by atoms with E-state index in [1.807, 2.05) is 43.0 Å². The Labute approximate surface area is 159 Å². The van der Waals surface area contributed by atoms with Crippen LogP contribution in [-0.4, -0.2) is 63.9 Å². The molecule has 1 fully saturated rings. The molecule has 0 bridgehead atoms. The lowest BCUT2D eigenvalue weighted by atomic mass is 10.2. The molecule has 0 spiro atoms. The topological polar surface area (TPSA) is 95.7 Å². The van der Waals surface area contributed by atoms with Gasteiger partial charge in [-0.15, -0.1) is 0 Å². The van der Waals surface area contributed by atoms with E-state index in [1.165, 1.54) is 4.90 Å². The number of para-hydroxylation sites is 1. The molecule has 0 unspecified atom stereocenters. The summed E-state index contributed by atoms with van der Waals surface area (Å²) in [7, 11) is 0. The van der Waals surface area contributed by atoms with E-state index in [9.17, 15) is 9.59 Å². The van der Waals surface area contributed by atoms with Gasteiger partial charge in [0.05, 0.1) is 12.1 Å².